The Labute approximate surface area is 606 Å². The van der Waals surface area contributed by atoms with Gasteiger partial charge in [-0.05, 0) is 101 Å². The SMILES string of the molecule is CCC(NC(=O)[C@H](CO)NC(=O)CNC(=O)[C@H](Cc1cnc[nH]1)NC(=O)[C@H](CCCN=C(N)N)NC(=O)[C@H](C)NC(=O)[C@H](CCCCN)NC(C)=O)C(=O)N[C@@H](CC(N)=O)C(=O)N[C@@H](Cc1ccc(O)cc1)C(=O)N[C@H](C(=O)N[C@@H](Cc1ccccc1)C(=O)N1CCC[C@H]1C(=O)N[C@@H](C)C(N)=O)C(C)C. The van der Waals surface area contributed by atoms with E-state index in [1.807, 2.05) is 0 Å². The van der Waals surface area contributed by atoms with E-state index in [0.29, 0.717) is 42.6 Å². The Morgan fingerprint density at radius 2 is 1.14 bits per heavy atom. The van der Waals surface area contributed by atoms with Gasteiger partial charge >= 0.3 is 0 Å². The molecule has 12 atom stereocenters. The van der Waals surface area contributed by atoms with Crippen molar-refractivity contribution >= 4 is 94.6 Å². The molecule has 1 aliphatic heterocycles. The van der Waals surface area contributed by atoms with Crippen molar-refractivity contribution in [1.82, 2.24) is 78.7 Å². The normalized spacial score (nSPS) is 15.6. The van der Waals surface area contributed by atoms with Crippen molar-refractivity contribution in [3.63, 3.8) is 0 Å². The molecule has 1 fully saturated rings. The Morgan fingerprint density at radius 3 is 1.73 bits per heavy atom. The number of likely N-dealkylation sites (tertiary alicyclic amines) is 1. The van der Waals surface area contributed by atoms with Crippen LogP contribution in [0.3, 0.4) is 0 Å². The molecular formula is C67H101N21O17. The fourth-order valence-electron chi connectivity index (χ4n) is 10.9. The van der Waals surface area contributed by atoms with Gasteiger partial charge in [-0.1, -0.05) is 63.2 Å². The molecule has 1 saturated heterocycles. The van der Waals surface area contributed by atoms with Crippen LogP contribution in [0.2, 0.25) is 0 Å². The number of phenolic OH excluding ortho intramolecular Hbond substituents is 1. The molecule has 105 heavy (non-hydrogen) atoms. The van der Waals surface area contributed by atoms with Gasteiger partial charge in [-0.2, -0.15) is 0 Å². The van der Waals surface area contributed by atoms with Crippen LogP contribution < -0.4 is 92.5 Å². The predicted octanol–water partition coefficient (Wildman–Crippen LogP) is -6.76. The number of aromatic amines is 1. The highest BCUT2D eigenvalue weighted by Gasteiger charge is 2.41. The zero-order valence-corrected chi connectivity index (χ0v) is 59.6. The minimum Gasteiger partial charge on any atom is -0.508 e. The molecule has 576 valence electrons. The quantitative estimate of drug-likeness (QED) is 0.0142. The van der Waals surface area contributed by atoms with E-state index in [1.165, 1.54) is 69.4 Å². The first-order chi connectivity index (χ1) is 49.7. The van der Waals surface area contributed by atoms with E-state index in [0.717, 1.165) is 0 Å². The lowest BCUT2D eigenvalue weighted by molar-refractivity contribution is -0.142. The van der Waals surface area contributed by atoms with Crippen LogP contribution in [0.5, 0.6) is 5.75 Å². The average molecular weight is 1470 g/mol. The van der Waals surface area contributed by atoms with Crippen LogP contribution in [0.1, 0.15) is 116 Å². The number of hydrogen-bond acceptors (Lipinski definition) is 20. The van der Waals surface area contributed by atoms with E-state index in [1.54, 1.807) is 44.2 Å². The molecule has 15 amide bonds. The second-order valence-corrected chi connectivity index (χ2v) is 25.6. The highest BCUT2D eigenvalue weighted by molar-refractivity contribution is 6.00. The van der Waals surface area contributed by atoms with E-state index in [2.05, 4.69) is 78.8 Å². The Balaban J connectivity index is 1.49. The van der Waals surface area contributed by atoms with Crippen LogP contribution in [0.25, 0.3) is 0 Å². The number of aliphatic hydroxyl groups is 1. The zero-order chi connectivity index (χ0) is 78.0. The number of aromatic hydroxyl groups is 1. The number of carbonyl (C=O) groups is 15. The lowest BCUT2D eigenvalue weighted by atomic mass is 9.99. The number of benzene rings is 2. The average Bonchev–Trinajstić information content (AvgIpc) is 1.72. The molecule has 2 aromatic carbocycles. The van der Waals surface area contributed by atoms with Gasteiger partial charge in [-0.15, -0.1) is 0 Å². The fourth-order valence-corrected chi connectivity index (χ4v) is 10.9. The van der Waals surface area contributed by atoms with E-state index in [4.69, 9.17) is 28.7 Å². The zero-order valence-electron chi connectivity index (χ0n) is 59.6. The number of nitrogens with zero attached hydrogens (tertiary/aromatic N) is 3. The Hall–Kier alpha value is -11.3. The topological polar surface area (TPSA) is 615 Å². The molecule has 25 N–H and O–H groups in total. The third-order valence-electron chi connectivity index (χ3n) is 16.7. The van der Waals surface area contributed by atoms with Crippen LogP contribution >= 0.6 is 0 Å². The summed E-state index contributed by atoms with van der Waals surface area (Å²) in [6, 6.07) is -2.61. The van der Waals surface area contributed by atoms with Crippen molar-refractivity contribution < 1.29 is 82.1 Å². The number of hydrogen-bond donors (Lipinski definition) is 20. The van der Waals surface area contributed by atoms with Gasteiger partial charge in [0.15, 0.2) is 5.96 Å². The molecule has 38 heteroatoms. The minimum absolute atomic E-state index is 0.0149. The Bertz CT molecular complexity index is 3500. The summed E-state index contributed by atoms with van der Waals surface area (Å²) in [4.78, 5) is 216. The summed E-state index contributed by atoms with van der Waals surface area (Å²) < 4.78 is 0. The molecule has 0 saturated carbocycles. The van der Waals surface area contributed by atoms with Gasteiger partial charge in [0, 0.05) is 51.2 Å². The molecule has 1 unspecified atom stereocenters. The maximum absolute atomic E-state index is 14.6. The number of aliphatic hydroxyl groups excluding tert-OH is 1. The summed E-state index contributed by atoms with van der Waals surface area (Å²) in [5.74, 6) is -14.4. The van der Waals surface area contributed by atoms with Crippen LogP contribution in [-0.4, -0.2) is 225 Å². The summed E-state index contributed by atoms with van der Waals surface area (Å²) in [6.07, 6.45) is 2.86. The summed E-state index contributed by atoms with van der Waals surface area (Å²) in [7, 11) is 0. The summed E-state index contributed by atoms with van der Waals surface area (Å²) in [5, 5.41) is 50.3. The number of guanidine groups is 1. The summed E-state index contributed by atoms with van der Waals surface area (Å²) >= 11 is 0. The molecule has 2 heterocycles. The number of primary amides is 2. The third-order valence-corrected chi connectivity index (χ3v) is 16.7. The van der Waals surface area contributed by atoms with Crippen LogP contribution in [0.4, 0.5) is 0 Å². The lowest BCUT2D eigenvalue weighted by Gasteiger charge is -2.31. The largest absolute Gasteiger partial charge is 0.508 e. The monoisotopic (exact) mass is 1470 g/mol. The van der Waals surface area contributed by atoms with E-state index in [-0.39, 0.29) is 76.2 Å². The number of unbranched alkanes of at least 4 members (excludes halogenated alkanes) is 1. The smallest absolute Gasteiger partial charge is 0.246 e. The Morgan fingerprint density at radius 1 is 0.590 bits per heavy atom. The van der Waals surface area contributed by atoms with Gasteiger partial charge in [0.1, 0.15) is 78.3 Å². The molecular weight excluding hydrogens is 1370 g/mol. The lowest BCUT2D eigenvalue weighted by Crippen LogP contribution is -2.61. The predicted molar refractivity (Wildman–Crippen MR) is 378 cm³/mol. The number of amides is 15. The number of aromatic nitrogens is 2. The fraction of sp³-hybridized carbons (Fsp3) is 0.537. The molecule has 0 aliphatic carbocycles. The molecule has 3 aromatic rings. The van der Waals surface area contributed by atoms with Gasteiger partial charge in [-0.3, -0.25) is 76.9 Å². The van der Waals surface area contributed by atoms with Crippen LogP contribution in [0.15, 0.2) is 72.1 Å². The van der Waals surface area contributed by atoms with Crippen molar-refractivity contribution in [3.8, 4) is 5.75 Å². The second-order valence-electron chi connectivity index (χ2n) is 25.6. The minimum atomic E-state index is -1.85. The standard InChI is InChI=1S/C67H101N21O17/c1-7-43(81-63(102)50(33-89)80-53(93)32-75-57(96)47(29-41-31-73-34-76-41)84-60(99)45(18-13-25-74-67(71)72)82-56(95)37(5)78-59(98)44(79-38(6)90)17-11-12-24-68)58(97)85-48(30-52(69)92)61(100)83-46(27-40-20-22-42(91)23-21-40)62(101)87-54(35(2)3)65(104)86-49(28-39-15-9-8-10-16-39)66(105)88-26-14-19-51(88)64(103)77-36(4)55(70)94/h8-10,15-16,20-23,31,34-37,43-51,54,89,91H,7,11-14,17-19,24-30,32-33,68H2,1-6H3,(H2,69,92)(H2,70,94)(H,73,76)(H,75,96)(H,77,103)(H,78,98)(H,79,90)(H,80,93)(H,81,102)(H,82,95)(H,83,100)(H,84,99)(H,85,97)(H,86,104)(H,87,101)(H4,71,72,74)/t36-,37-,43?,44-,45-,46-,47-,48-,49-,50-,51-,54-/m0/s1. The first kappa shape index (κ1) is 86.1. The van der Waals surface area contributed by atoms with Crippen molar-refractivity contribution in [2.75, 3.05) is 32.8 Å². The maximum atomic E-state index is 14.6. The number of rotatable bonds is 44. The molecule has 0 radical (unpaired) electrons. The van der Waals surface area contributed by atoms with Crippen molar-refractivity contribution in [3.05, 3.63) is 83.9 Å². The van der Waals surface area contributed by atoms with Gasteiger partial charge < -0.3 is 113 Å². The highest BCUT2D eigenvalue weighted by Crippen LogP contribution is 2.21. The van der Waals surface area contributed by atoms with Crippen LogP contribution in [-0.2, 0) is 91.2 Å². The van der Waals surface area contributed by atoms with E-state index < -0.39 is 187 Å². The van der Waals surface area contributed by atoms with Crippen molar-refractivity contribution in [2.45, 2.75) is 191 Å². The summed E-state index contributed by atoms with van der Waals surface area (Å²) in [5.41, 5.74) is 28.8. The van der Waals surface area contributed by atoms with Crippen molar-refractivity contribution in [1.29, 1.82) is 0 Å². The number of nitrogens with one attached hydrogen (secondary N) is 13. The number of H-pyrrole nitrogens is 1. The summed E-state index contributed by atoms with van der Waals surface area (Å²) in [6.45, 7) is 7.13. The number of aliphatic imine (C=N–C) groups is 1. The maximum Gasteiger partial charge on any atom is 0.246 e. The second kappa shape index (κ2) is 43.6. The number of imidazole rings is 1. The highest BCUT2D eigenvalue weighted by atomic mass is 16.3. The van der Waals surface area contributed by atoms with Gasteiger partial charge in [0.2, 0.25) is 88.6 Å². The first-order valence-corrected chi connectivity index (χ1v) is 34.4. The molecule has 38 nitrogen and oxygen atoms in total. The van der Waals surface area contributed by atoms with Crippen molar-refractivity contribution in [2.24, 2.45) is 39.6 Å². The first-order valence-electron chi connectivity index (χ1n) is 34.4. The number of carbonyl (C=O) groups excluding carboxylic acids is 15. The number of phenols is 1. The Kier molecular flexibility index (Phi) is 35.8. The van der Waals surface area contributed by atoms with Gasteiger partial charge in [0.25, 0.3) is 0 Å². The van der Waals surface area contributed by atoms with E-state index >= 15 is 0 Å². The molecule has 1 aromatic heterocycles. The third kappa shape index (κ3) is 29.5. The van der Waals surface area contributed by atoms with Crippen LogP contribution in [0, 0.1) is 5.92 Å². The number of nitrogens with two attached hydrogens (primary N) is 5. The van der Waals surface area contributed by atoms with E-state index in [9.17, 15) is 82.1 Å². The molecule has 0 spiro atoms. The van der Waals surface area contributed by atoms with Gasteiger partial charge in [0.05, 0.1) is 25.9 Å². The van der Waals surface area contributed by atoms with Gasteiger partial charge in [-0.25, -0.2) is 4.98 Å². The molecule has 4 rings (SSSR count). The molecule has 1 aliphatic rings. The molecule has 0 bridgehead atoms.